The molecule has 2 aromatic heterocycles. The number of rotatable bonds is 3. The SMILES string of the molecule is CC(=N[S+]([O-])C(C)(C)C)c1cc(C)cc2c1nc(-c1ccccc1)n1cnnc21. The van der Waals surface area contributed by atoms with E-state index in [1.807, 2.05) is 75.4 Å². The van der Waals surface area contributed by atoms with Crippen LogP contribution in [0.15, 0.2) is 53.2 Å². The van der Waals surface area contributed by atoms with E-state index in [1.165, 1.54) is 0 Å². The van der Waals surface area contributed by atoms with E-state index in [4.69, 9.17) is 4.98 Å². The molecule has 2 heterocycles. The van der Waals surface area contributed by atoms with Gasteiger partial charge >= 0.3 is 0 Å². The number of aromatic nitrogens is 4. The Kier molecular flexibility index (Phi) is 4.88. The van der Waals surface area contributed by atoms with Crippen LogP contribution in [0.5, 0.6) is 0 Å². The number of hydrogen-bond acceptors (Lipinski definition) is 5. The van der Waals surface area contributed by atoms with Gasteiger partial charge in [0.1, 0.15) is 28.3 Å². The second-order valence-electron chi connectivity index (χ2n) is 8.07. The molecular weight excluding hydrogens is 382 g/mol. The van der Waals surface area contributed by atoms with Gasteiger partial charge in [0.05, 0.1) is 11.2 Å². The highest BCUT2D eigenvalue weighted by Gasteiger charge is 2.27. The fraction of sp³-hybridized carbons (Fsp3) is 0.273. The van der Waals surface area contributed by atoms with Gasteiger partial charge in [0.25, 0.3) is 0 Å². The highest BCUT2D eigenvalue weighted by molar-refractivity contribution is 7.91. The first kappa shape index (κ1) is 19.5. The number of aryl methyl sites for hydroxylation is 1. The van der Waals surface area contributed by atoms with Gasteiger partial charge in [0.2, 0.25) is 0 Å². The minimum Gasteiger partial charge on any atom is -0.591 e. The smallest absolute Gasteiger partial charge is 0.171 e. The molecule has 0 saturated carbocycles. The Morgan fingerprint density at radius 2 is 1.86 bits per heavy atom. The monoisotopic (exact) mass is 405 g/mol. The van der Waals surface area contributed by atoms with Crippen LogP contribution in [0, 0.1) is 6.92 Å². The van der Waals surface area contributed by atoms with Crippen LogP contribution in [-0.4, -0.2) is 34.6 Å². The van der Waals surface area contributed by atoms with Gasteiger partial charge < -0.3 is 4.55 Å². The highest BCUT2D eigenvalue weighted by Crippen LogP contribution is 2.29. The predicted molar refractivity (Wildman–Crippen MR) is 119 cm³/mol. The van der Waals surface area contributed by atoms with E-state index in [2.05, 4.69) is 20.7 Å². The van der Waals surface area contributed by atoms with Crippen molar-refractivity contribution in [1.29, 1.82) is 0 Å². The molecule has 2 aromatic carbocycles. The minimum absolute atomic E-state index is 0.427. The lowest BCUT2D eigenvalue weighted by atomic mass is 10.0. The van der Waals surface area contributed by atoms with Crippen molar-refractivity contribution < 1.29 is 4.55 Å². The van der Waals surface area contributed by atoms with Crippen LogP contribution < -0.4 is 0 Å². The Bertz CT molecular complexity index is 1220. The average Bonchev–Trinajstić information content (AvgIpc) is 3.17. The molecule has 0 fully saturated rings. The molecule has 1 unspecified atom stereocenters. The van der Waals surface area contributed by atoms with Crippen molar-refractivity contribution in [3.05, 3.63) is 59.9 Å². The maximum Gasteiger partial charge on any atom is 0.171 e. The third-order valence-corrected chi connectivity index (χ3v) is 6.14. The first-order chi connectivity index (χ1) is 13.8. The fourth-order valence-electron chi connectivity index (χ4n) is 3.18. The van der Waals surface area contributed by atoms with Crippen LogP contribution in [0.4, 0.5) is 0 Å². The average molecular weight is 406 g/mol. The minimum atomic E-state index is -1.35. The zero-order valence-corrected chi connectivity index (χ0v) is 18.0. The predicted octanol–water partition coefficient (Wildman–Crippen LogP) is 4.52. The number of benzene rings is 2. The Morgan fingerprint density at radius 1 is 1.14 bits per heavy atom. The molecule has 7 heteroatoms. The second-order valence-corrected chi connectivity index (χ2v) is 9.98. The van der Waals surface area contributed by atoms with Crippen LogP contribution in [0.25, 0.3) is 27.9 Å². The molecule has 0 N–H and O–H groups in total. The largest absolute Gasteiger partial charge is 0.591 e. The molecule has 4 aromatic rings. The van der Waals surface area contributed by atoms with Gasteiger partial charge in [-0.15, -0.1) is 10.2 Å². The van der Waals surface area contributed by atoms with Gasteiger partial charge in [-0.05, 0) is 52.3 Å². The van der Waals surface area contributed by atoms with Crippen molar-refractivity contribution in [2.75, 3.05) is 0 Å². The van der Waals surface area contributed by atoms with Crippen LogP contribution in [-0.2, 0) is 11.4 Å². The summed E-state index contributed by atoms with van der Waals surface area (Å²) >= 11 is -1.35. The third-order valence-electron chi connectivity index (χ3n) is 4.65. The van der Waals surface area contributed by atoms with E-state index in [1.54, 1.807) is 6.33 Å². The van der Waals surface area contributed by atoms with E-state index in [9.17, 15) is 4.55 Å². The Balaban J connectivity index is 2.03. The van der Waals surface area contributed by atoms with Crippen molar-refractivity contribution in [3.8, 4) is 11.4 Å². The maximum absolute atomic E-state index is 12.6. The summed E-state index contributed by atoms with van der Waals surface area (Å²) in [6.07, 6.45) is 1.68. The third kappa shape index (κ3) is 3.63. The lowest BCUT2D eigenvalue weighted by molar-refractivity contribution is 0.561. The number of nitrogens with zero attached hydrogens (tertiary/aromatic N) is 5. The van der Waals surface area contributed by atoms with Crippen molar-refractivity contribution >= 4 is 33.6 Å². The normalized spacial score (nSPS) is 13.9. The van der Waals surface area contributed by atoms with Crippen LogP contribution in [0.1, 0.15) is 38.8 Å². The summed E-state index contributed by atoms with van der Waals surface area (Å²) in [5, 5.41) is 9.36. The standard InChI is InChI=1S/C22H23N5OS/c1-14-11-17(15(2)26-29(28)22(3,4)5)19-18(12-14)21-25-23-13-27(21)20(24-19)16-9-7-6-8-10-16/h6-13H,1-5H3. The van der Waals surface area contributed by atoms with Crippen molar-refractivity contribution in [3.63, 3.8) is 0 Å². The molecule has 0 bridgehead atoms. The molecule has 4 rings (SSSR count). The number of fused-ring (bicyclic) bond motifs is 3. The Hall–Kier alpha value is -2.77. The first-order valence-corrected chi connectivity index (χ1v) is 10.5. The lowest BCUT2D eigenvalue weighted by Gasteiger charge is -2.19. The molecule has 0 amide bonds. The molecule has 0 aliphatic rings. The lowest BCUT2D eigenvalue weighted by Crippen LogP contribution is -2.26. The summed E-state index contributed by atoms with van der Waals surface area (Å²) in [5.74, 6) is 0.757. The zero-order valence-electron chi connectivity index (χ0n) is 17.2. The summed E-state index contributed by atoms with van der Waals surface area (Å²) in [4.78, 5) is 4.98. The quantitative estimate of drug-likeness (QED) is 0.371. The van der Waals surface area contributed by atoms with Gasteiger partial charge in [0.15, 0.2) is 5.65 Å². The molecule has 29 heavy (non-hydrogen) atoms. The van der Waals surface area contributed by atoms with Crippen molar-refractivity contribution in [2.45, 2.75) is 39.4 Å². The maximum atomic E-state index is 12.6. The summed E-state index contributed by atoms with van der Waals surface area (Å²) in [6.45, 7) is 9.66. The molecule has 0 spiro atoms. The van der Waals surface area contributed by atoms with E-state index < -0.39 is 16.1 Å². The summed E-state index contributed by atoms with van der Waals surface area (Å²) in [5.41, 5.74) is 5.11. The molecule has 6 nitrogen and oxygen atoms in total. The van der Waals surface area contributed by atoms with E-state index in [-0.39, 0.29) is 0 Å². The van der Waals surface area contributed by atoms with E-state index in [0.717, 1.165) is 39.1 Å². The Labute approximate surface area is 173 Å². The van der Waals surface area contributed by atoms with Gasteiger partial charge in [-0.1, -0.05) is 34.7 Å². The molecule has 0 aliphatic heterocycles. The van der Waals surface area contributed by atoms with Crippen LogP contribution in [0.2, 0.25) is 0 Å². The molecular formula is C22H23N5OS. The van der Waals surface area contributed by atoms with Crippen LogP contribution in [0.3, 0.4) is 0 Å². The zero-order chi connectivity index (χ0) is 20.8. The Morgan fingerprint density at radius 3 is 2.55 bits per heavy atom. The van der Waals surface area contributed by atoms with E-state index in [0.29, 0.717) is 5.71 Å². The van der Waals surface area contributed by atoms with Gasteiger partial charge in [-0.25, -0.2) is 4.98 Å². The topological polar surface area (TPSA) is 78.5 Å². The summed E-state index contributed by atoms with van der Waals surface area (Å²) in [7, 11) is 0. The molecule has 1 atom stereocenters. The van der Waals surface area contributed by atoms with Crippen molar-refractivity contribution in [2.24, 2.45) is 4.40 Å². The van der Waals surface area contributed by atoms with Gasteiger partial charge in [-0.3, -0.25) is 4.40 Å². The molecule has 148 valence electrons. The fourth-order valence-corrected chi connectivity index (χ4v) is 3.80. The highest BCUT2D eigenvalue weighted by atomic mass is 32.2. The van der Waals surface area contributed by atoms with E-state index >= 15 is 0 Å². The molecule has 0 saturated heterocycles. The first-order valence-electron chi connectivity index (χ1n) is 9.43. The van der Waals surface area contributed by atoms with Crippen molar-refractivity contribution in [1.82, 2.24) is 19.6 Å². The summed E-state index contributed by atoms with van der Waals surface area (Å²) < 4.78 is 18.6. The molecule has 0 radical (unpaired) electrons. The van der Waals surface area contributed by atoms with Gasteiger partial charge in [-0.2, -0.15) is 0 Å². The second kappa shape index (κ2) is 7.24. The molecule has 0 aliphatic carbocycles. The number of hydrogen-bond donors (Lipinski definition) is 0. The van der Waals surface area contributed by atoms with Gasteiger partial charge in [0, 0.05) is 16.5 Å². The summed E-state index contributed by atoms with van der Waals surface area (Å²) in [6, 6.07) is 14.0. The van der Waals surface area contributed by atoms with Crippen LogP contribution >= 0.6 is 0 Å².